The standard InChI is InChI=1S/C12H22N2O4/c15-12(16)11(14-5-9-18-10-6-14)1-2-13-3-7-17-8-4-13/h11H,1-10H2,(H,15,16). The van der Waals surface area contributed by atoms with Gasteiger partial charge in [-0.05, 0) is 6.42 Å². The molecule has 18 heavy (non-hydrogen) atoms. The van der Waals surface area contributed by atoms with Crippen molar-refractivity contribution in [2.75, 3.05) is 59.2 Å². The Morgan fingerprint density at radius 3 is 2.17 bits per heavy atom. The van der Waals surface area contributed by atoms with Gasteiger partial charge in [0.05, 0.1) is 26.4 Å². The van der Waals surface area contributed by atoms with Crippen molar-refractivity contribution in [2.24, 2.45) is 0 Å². The number of nitrogens with zero attached hydrogens (tertiary/aromatic N) is 2. The zero-order chi connectivity index (χ0) is 12.8. The molecule has 0 aliphatic carbocycles. The highest BCUT2D eigenvalue weighted by Gasteiger charge is 2.27. The molecule has 0 spiro atoms. The number of aliphatic carboxylic acids is 1. The number of hydrogen-bond acceptors (Lipinski definition) is 5. The minimum atomic E-state index is -0.717. The maximum atomic E-state index is 11.3. The molecule has 2 heterocycles. The fraction of sp³-hybridized carbons (Fsp3) is 0.917. The second kappa shape index (κ2) is 7.04. The van der Waals surface area contributed by atoms with Crippen LogP contribution in [0.25, 0.3) is 0 Å². The molecule has 0 radical (unpaired) electrons. The topological polar surface area (TPSA) is 62.2 Å². The summed E-state index contributed by atoms with van der Waals surface area (Å²) < 4.78 is 10.5. The van der Waals surface area contributed by atoms with E-state index in [4.69, 9.17) is 9.47 Å². The van der Waals surface area contributed by atoms with E-state index in [9.17, 15) is 9.90 Å². The van der Waals surface area contributed by atoms with Crippen LogP contribution in [0.3, 0.4) is 0 Å². The summed E-state index contributed by atoms with van der Waals surface area (Å²) in [5.41, 5.74) is 0. The first kappa shape index (κ1) is 13.7. The molecule has 2 aliphatic rings. The first-order valence-corrected chi connectivity index (χ1v) is 6.62. The van der Waals surface area contributed by atoms with E-state index in [2.05, 4.69) is 4.90 Å². The van der Waals surface area contributed by atoms with Gasteiger partial charge in [-0.25, -0.2) is 0 Å². The maximum Gasteiger partial charge on any atom is 0.320 e. The van der Waals surface area contributed by atoms with Crippen molar-refractivity contribution in [3.05, 3.63) is 0 Å². The van der Waals surface area contributed by atoms with Crippen LogP contribution in [-0.2, 0) is 14.3 Å². The van der Waals surface area contributed by atoms with Gasteiger partial charge >= 0.3 is 5.97 Å². The second-order valence-electron chi connectivity index (χ2n) is 4.75. The molecule has 1 unspecified atom stereocenters. The molecular weight excluding hydrogens is 236 g/mol. The summed E-state index contributed by atoms with van der Waals surface area (Å²) in [6.07, 6.45) is 0.676. The molecule has 0 aromatic carbocycles. The quantitative estimate of drug-likeness (QED) is 0.717. The van der Waals surface area contributed by atoms with Gasteiger partial charge in [0.1, 0.15) is 6.04 Å². The zero-order valence-corrected chi connectivity index (χ0v) is 10.7. The fourth-order valence-corrected chi connectivity index (χ4v) is 2.48. The van der Waals surface area contributed by atoms with E-state index < -0.39 is 5.97 Å². The number of carboxylic acid groups (broad SMARTS) is 1. The van der Waals surface area contributed by atoms with E-state index in [1.54, 1.807) is 0 Å². The Morgan fingerprint density at radius 2 is 1.61 bits per heavy atom. The van der Waals surface area contributed by atoms with Gasteiger partial charge in [-0.2, -0.15) is 0 Å². The Bertz CT molecular complexity index is 263. The number of morpholine rings is 2. The first-order chi connectivity index (χ1) is 8.77. The monoisotopic (exact) mass is 258 g/mol. The molecule has 1 N–H and O–H groups in total. The van der Waals surface area contributed by atoms with Crippen molar-refractivity contribution in [2.45, 2.75) is 12.5 Å². The number of carbonyl (C=O) groups is 1. The molecule has 6 heteroatoms. The normalized spacial score (nSPS) is 24.9. The zero-order valence-electron chi connectivity index (χ0n) is 10.7. The maximum absolute atomic E-state index is 11.3. The minimum absolute atomic E-state index is 0.378. The van der Waals surface area contributed by atoms with E-state index in [0.717, 1.165) is 45.9 Å². The predicted molar refractivity (Wildman–Crippen MR) is 65.7 cm³/mol. The lowest BCUT2D eigenvalue weighted by atomic mass is 10.1. The molecular formula is C12H22N2O4. The third-order valence-corrected chi connectivity index (χ3v) is 3.59. The van der Waals surface area contributed by atoms with Crippen molar-refractivity contribution in [1.29, 1.82) is 0 Å². The highest BCUT2D eigenvalue weighted by atomic mass is 16.5. The third kappa shape index (κ3) is 3.91. The Labute approximate surface area is 107 Å². The second-order valence-corrected chi connectivity index (χ2v) is 4.75. The van der Waals surface area contributed by atoms with Crippen LogP contribution in [0.5, 0.6) is 0 Å². The van der Waals surface area contributed by atoms with Gasteiger partial charge in [0.15, 0.2) is 0 Å². The van der Waals surface area contributed by atoms with Crippen LogP contribution in [0, 0.1) is 0 Å². The lowest BCUT2D eigenvalue weighted by Gasteiger charge is -2.34. The largest absolute Gasteiger partial charge is 0.480 e. The summed E-state index contributed by atoms with van der Waals surface area (Å²) >= 11 is 0. The average molecular weight is 258 g/mol. The van der Waals surface area contributed by atoms with Crippen molar-refractivity contribution in [3.63, 3.8) is 0 Å². The van der Waals surface area contributed by atoms with E-state index in [1.165, 1.54) is 0 Å². The van der Waals surface area contributed by atoms with Gasteiger partial charge in [-0.15, -0.1) is 0 Å². The first-order valence-electron chi connectivity index (χ1n) is 6.62. The predicted octanol–water partition coefficient (Wildman–Crippen LogP) is -0.506. The Morgan fingerprint density at radius 1 is 1.06 bits per heavy atom. The minimum Gasteiger partial charge on any atom is -0.480 e. The average Bonchev–Trinajstić information content (AvgIpc) is 2.41. The fourth-order valence-electron chi connectivity index (χ4n) is 2.48. The summed E-state index contributed by atoms with van der Waals surface area (Å²) in [6, 6.07) is -0.378. The Balaban J connectivity index is 1.79. The molecule has 0 amide bonds. The summed E-state index contributed by atoms with van der Waals surface area (Å²) in [7, 11) is 0. The van der Waals surface area contributed by atoms with Gasteiger partial charge in [0.25, 0.3) is 0 Å². The molecule has 0 saturated carbocycles. The van der Waals surface area contributed by atoms with E-state index in [0.29, 0.717) is 19.6 Å². The Hall–Kier alpha value is -0.690. The summed E-state index contributed by atoms with van der Waals surface area (Å²) in [5.74, 6) is -0.717. The van der Waals surface area contributed by atoms with Crippen molar-refractivity contribution in [3.8, 4) is 0 Å². The lowest BCUT2D eigenvalue weighted by molar-refractivity contribution is -0.145. The van der Waals surface area contributed by atoms with Crippen molar-refractivity contribution < 1.29 is 19.4 Å². The van der Waals surface area contributed by atoms with E-state index >= 15 is 0 Å². The van der Waals surface area contributed by atoms with Gasteiger partial charge in [0, 0.05) is 32.7 Å². The lowest BCUT2D eigenvalue weighted by Crippen LogP contribution is -2.49. The molecule has 2 saturated heterocycles. The van der Waals surface area contributed by atoms with Crippen LogP contribution in [0.4, 0.5) is 0 Å². The van der Waals surface area contributed by atoms with Gasteiger partial charge in [0.2, 0.25) is 0 Å². The van der Waals surface area contributed by atoms with Crippen molar-refractivity contribution in [1.82, 2.24) is 9.80 Å². The van der Waals surface area contributed by atoms with Crippen LogP contribution in [0.1, 0.15) is 6.42 Å². The van der Waals surface area contributed by atoms with Gasteiger partial charge < -0.3 is 14.6 Å². The van der Waals surface area contributed by atoms with E-state index in [-0.39, 0.29) is 6.04 Å². The van der Waals surface area contributed by atoms with Crippen LogP contribution in [0.15, 0.2) is 0 Å². The molecule has 0 aromatic heterocycles. The van der Waals surface area contributed by atoms with Gasteiger partial charge in [-0.3, -0.25) is 14.6 Å². The van der Waals surface area contributed by atoms with Crippen LogP contribution in [-0.4, -0.2) is 86.1 Å². The molecule has 2 rings (SSSR count). The molecule has 0 bridgehead atoms. The van der Waals surface area contributed by atoms with E-state index in [1.807, 2.05) is 4.90 Å². The summed E-state index contributed by atoms with van der Waals surface area (Å²) in [6.45, 7) is 6.90. The molecule has 1 atom stereocenters. The summed E-state index contributed by atoms with van der Waals surface area (Å²) in [4.78, 5) is 15.6. The molecule has 6 nitrogen and oxygen atoms in total. The SMILES string of the molecule is O=C(O)C(CCN1CCOCC1)N1CCOCC1. The third-order valence-electron chi connectivity index (χ3n) is 3.59. The van der Waals surface area contributed by atoms with Crippen LogP contribution < -0.4 is 0 Å². The highest BCUT2D eigenvalue weighted by molar-refractivity contribution is 5.73. The smallest absolute Gasteiger partial charge is 0.320 e. The van der Waals surface area contributed by atoms with Crippen molar-refractivity contribution >= 4 is 5.97 Å². The Kier molecular flexibility index (Phi) is 5.37. The number of carboxylic acids is 1. The molecule has 2 fully saturated rings. The highest BCUT2D eigenvalue weighted by Crippen LogP contribution is 2.10. The summed E-state index contributed by atoms with van der Waals surface area (Å²) in [5, 5.41) is 9.33. The van der Waals surface area contributed by atoms with Crippen LogP contribution >= 0.6 is 0 Å². The molecule has 0 aromatic rings. The molecule has 104 valence electrons. The number of ether oxygens (including phenoxy) is 2. The molecule has 2 aliphatic heterocycles. The van der Waals surface area contributed by atoms with Gasteiger partial charge in [-0.1, -0.05) is 0 Å². The number of rotatable bonds is 5. The van der Waals surface area contributed by atoms with Crippen LogP contribution in [0.2, 0.25) is 0 Å². The number of hydrogen-bond donors (Lipinski definition) is 1.